The average Bonchev–Trinajstić information content (AvgIpc) is 3.28. The Morgan fingerprint density at radius 2 is 1.85 bits per heavy atom. The molecule has 0 atom stereocenters. The normalized spacial score (nSPS) is 18.6. The molecule has 1 N–H and O–H groups in total. The molecular formula is C25H28FN3O4. The van der Waals surface area contributed by atoms with Crippen molar-refractivity contribution in [3.05, 3.63) is 65.3 Å². The zero-order valence-electron chi connectivity index (χ0n) is 19.3. The molecule has 0 radical (unpaired) electrons. The van der Waals surface area contributed by atoms with Gasteiger partial charge >= 0.3 is 0 Å². The van der Waals surface area contributed by atoms with Crippen molar-refractivity contribution in [1.82, 2.24) is 4.98 Å². The summed E-state index contributed by atoms with van der Waals surface area (Å²) in [6.07, 6.45) is 3.65. The molecule has 2 aromatic rings. The van der Waals surface area contributed by atoms with Gasteiger partial charge in [0.1, 0.15) is 23.0 Å². The van der Waals surface area contributed by atoms with E-state index < -0.39 is 11.4 Å². The Kier molecular flexibility index (Phi) is 6.49. The Morgan fingerprint density at radius 1 is 1.12 bits per heavy atom. The molecule has 33 heavy (non-hydrogen) atoms. The molecule has 0 fully saturated rings. The molecular weight excluding hydrogens is 425 g/mol. The van der Waals surface area contributed by atoms with Gasteiger partial charge in [-0.3, -0.25) is 4.79 Å². The van der Waals surface area contributed by atoms with Crippen molar-refractivity contribution in [1.29, 1.82) is 0 Å². The smallest absolute Gasteiger partial charge is 0.260 e. The number of carbonyl (C=O) groups is 1. The van der Waals surface area contributed by atoms with Crippen molar-refractivity contribution in [2.75, 3.05) is 50.7 Å². The second-order valence-corrected chi connectivity index (χ2v) is 8.43. The Morgan fingerprint density at radius 3 is 2.48 bits per heavy atom. The second-order valence-electron chi connectivity index (χ2n) is 8.43. The maximum atomic E-state index is 13.9. The lowest BCUT2D eigenvalue weighted by Crippen LogP contribution is -2.31. The van der Waals surface area contributed by atoms with E-state index in [0.717, 1.165) is 17.0 Å². The summed E-state index contributed by atoms with van der Waals surface area (Å²) >= 11 is 0. The predicted octanol–water partition coefficient (Wildman–Crippen LogP) is 3.88. The van der Waals surface area contributed by atoms with Crippen LogP contribution < -0.4 is 10.2 Å². The van der Waals surface area contributed by atoms with Crippen LogP contribution >= 0.6 is 0 Å². The first kappa shape index (κ1) is 22.9. The fourth-order valence-electron chi connectivity index (χ4n) is 4.08. The van der Waals surface area contributed by atoms with Gasteiger partial charge in [-0.2, -0.15) is 0 Å². The van der Waals surface area contributed by atoms with Gasteiger partial charge in [0.05, 0.1) is 18.8 Å². The average molecular weight is 454 g/mol. The number of benzene rings is 1. The zero-order valence-corrected chi connectivity index (χ0v) is 19.3. The lowest BCUT2D eigenvalue weighted by atomic mass is 9.93. The summed E-state index contributed by atoms with van der Waals surface area (Å²) in [7, 11) is 3.34. The first-order chi connectivity index (χ1) is 15.8. The number of carbonyl (C=O) groups excluding carboxylic acids is 1. The van der Waals surface area contributed by atoms with Crippen LogP contribution in [-0.4, -0.2) is 57.0 Å². The highest BCUT2D eigenvalue weighted by atomic mass is 19.1. The third-order valence-corrected chi connectivity index (χ3v) is 5.78. The van der Waals surface area contributed by atoms with Crippen LogP contribution in [0.1, 0.15) is 25.0 Å². The highest BCUT2D eigenvalue weighted by Crippen LogP contribution is 2.44. The molecule has 7 nitrogen and oxygen atoms in total. The summed E-state index contributed by atoms with van der Waals surface area (Å²) in [5, 5.41) is 2.78. The van der Waals surface area contributed by atoms with Gasteiger partial charge in [0, 0.05) is 55.9 Å². The minimum Gasteiger partial charge on any atom is -0.482 e. The lowest BCUT2D eigenvalue weighted by molar-refractivity contribution is -0.111. The van der Waals surface area contributed by atoms with E-state index in [1.807, 2.05) is 32.1 Å². The molecule has 8 heteroatoms. The fraction of sp³-hybridized carbons (Fsp3) is 0.360. The summed E-state index contributed by atoms with van der Waals surface area (Å²) in [5.74, 6) is 0.529. The third kappa shape index (κ3) is 4.62. The van der Waals surface area contributed by atoms with Crippen molar-refractivity contribution < 1.29 is 23.4 Å². The predicted molar refractivity (Wildman–Crippen MR) is 125 cm³/mol. The van der Waals surface area contributed by atoms with Gasteiger partial charge in [-0.05, 0) is 50.3 Å². The Balaban J connectivity index is 1.67. The van der Waals surface area contributed by atoms with Crippen LogP contribution in [-0.2, 0) is 19.0 Å². The number of nitrogens with one attached hydrogen (secondary N) is 1. The molecule has 174 valence electrons. The highest BCUT2D eigenvalue weighted by molar-refractivity contribution is 6.32. The van der Waals surface area contributed by atoms with Crippen LogP contribution in [0.2, 0.25) is 0 Å². The zero-order chi connectivity index (χ0) is 23.6. The monoisotopic (exact) mass is 453 g/mol. The Labute approximate surface area is 192 Å². The van der Waals surface area contributed by atoms with E-state index in [9.17, 15) is 9.18 Å². The van der Waals surface area contributed by atoms with Crippen LogP contribution in [0.5, 0.6) is 0 Å². The molecule has 1 aromatic carbocycles. The molecule has 0 aliphatic carbocycles. The van der Waals surface area contributed by atoms with Crippen LogP contribution in [0.25, 0.3) is 11.1 Å². The third-order valence-electron chi connectivity index (χ3n) is 5.78. The van der Waals surface area contributed by atoms with Crippen LogP contribution in [0.3, 0.4) is 0 Å². The summed E-state index contributed by atoms with van der Waals surface area (Å²) in [6, 6.07) is 8.17. The van der Waals surface area contributed by atoms with E-state index >= 15 is 0 Å². The van der Waals surface area contributed by atoms with Crippen LogP contribution in [0.15, 0.2) is 48.4 Å². The number of anilines is 2. The Hall–Kier alpha value is -3.23. The van der Waals surface area contributed by atoms with Crippen molar-refractivity contribution in [2.24, 2.45) is 0 Å². The van der Waals surface area contributed by atoms with Crippen molar-refractivity contribution >= 4 is 28.6 Å². The molecule has 0 spiro atoms. The summed E-state index contributed by atoms with van der Waals surface area (Å²) < 4.78 is 30.5. The van der Waals surface area contributed by atoms with Gasteiger partial charge < -0.3 is 24.4 Å². The van der Waals surface area contributed by atoms with Gasteiger partial charge in [-0.15, -0.1) is 0 Å². The van der Waals surface area contributed by atoms with Crippen LogP contribution in [0, 0.1) is 5.82 Å². The van der Waals surface area contributed by atoms with E-state index in [1.165, 1.54) is 12.1 Å². The Bertz CT molecular complexity index is 1100. The minimum absolute atomic E-state index is 0.306. The maximum Gasteiger partial charge on any atom is 0.260 e. The number of allylic oxidation sites excluding steroid dienone is 1. The highest BCUT2D eigenvalue weighted by Gasteiger charge is 2.38. The summed E-state index contributed by atoms with van der Waals surface area (Å²) in [4.78, 5) is 19.4. The topological polar surface area (TPSA) is 72.9 Å². The number of nitrogens with zero attached hydrogens (tertiary/aromatic N) is 2. The number of hydrogen-bond donors (Lipinski definition) is 1. The first-order valence-electron chi connectivity index (χ1n) is 10.8. The van der Waals surface area contributed by atoms with Gasteiger partial charge in [-0.25, -0.2) is 9.37 Å². The first-order valence-corrected chi connectivity index (χ1v) is 10.8. The second kappa shape index (κ2) is 9.33. The maximum absolute atomic E-state index is 13.9. The van der Waals surface area contributed by atoms with E-state index in [2.05, 4.69) is 15.2 Å². The molecule has 0 unspecified atom stereocenters. The molecule has 1 aromatic heterocycles. The van der Waals surface area contributed by atoms with Crippen molar-refractivity contribution in [3.8, 4) is 0 Å². The summed E-state index contributed by atoms with van der Waals surface area (Å²) in [5.41, 5.74) is 2.50. The van der Waals surface area contributed by atoms with E-state index in [1.54, 1.807) is 26.5 Å². The number of halogens is 1. The van der Waals surface area contributed by atoms with Gasteiger partial charge in [0.2, 0.25) is 0 Å². The number of aromatic nitrogens is 1. The molecule has 3 heterocycles. The van der Waals surface area contributed by atoms with Gasteiger partial charge in [0.25, 0.3) is 5.91 Å². The fourth-order valence-corrected chi connectivity index (χ4v) is 4.08. The number of ether oxygens (including phenoxy) is 3. The molecule has 4 rings (SSSR count). The number of rotatable bonds is 8. The quantitative estimate of drug-likeness (QED) is 0.612. The molecule has 0 saturated carbocycles. The molecule has 1 amide bonds. The van der Waals surface area contributed by atoms with Gasteiger partial charge in [-0.1, -0.05) is 0 Å². The number of fused-ring (bicyclic) bond motifs is 1. The lowest BCUT2D eigenvalue weighted by Gasteiger charge is -2.25. The SMILES string of the molecule is COCCN(CCOC)c1ccc(C2=C/C(=C3\C(=O)Nc4ccc(F)cc43)OC2(C)C)cn1. The summed E-state index contributed by atoms with van der Waals surface area (Å²) in [6.45, 7) is 6.43. The van der Waals surface area contributed by atoms with Crippen LogP contribution in [0.4, 0.5) is 15.9 Å². The number of methoxy groups -OCH3 is 2. The largest absolute Gasteiger partial charge is 0.482 e. The van der Waals surface area contributed by atoms with Crippen molar-refractivity contribution in [3.63, 3.8) is 0 Å². The molecule has 0 bridgehead atoms. The van der Waals surface area contributed by atoms with E-state index in [4.69, 9.17) is 14.2 Å². The minimum atomic E-state index is -0.687. The van der Waals surface area contributed by atoms with Gasteiger partial charge in [0.15, 0.2) is 0 Å². The number of pyridine rings is 1. The molecule has 2 aliphatic rings. The number of hydrogen-bond acceptors (Lipinski definition) is 6. The van der Waals surface area contributed by atoms with E-state index in [0.29, 0.717) is 48.9 Å². The van der Waals surface area contributed by atoms with Crippen molar-refractivity contribution in [2.45, 2.75) is 19.4 Å². The standard InChI is InChI=1S/C25H28FN3O4/c1-25(2)19(16-5-8-22(27-15-16)29(9-11-31-3)10-12-32-4)14-21(33-25)23-18-13-17(26)6-7-20(18)28-24(23)30/h5-8,13-15H,9-12H2,1-4H3,(H,28,30)/b23-21+. The number of amides is 1. The molecule has 0 saturated heterocycles. The van der Waals surface area contributed by atoms with E-state index in [-0.39, 0.29) is 5.91 Å². The molecule has 2 aliphatic heterocycles.